The average molecular weight is 372 g/mol. The molecule has 0 aromatic carbocycles. The van der Waals surface area contributed by atoms with Crippen LogP contribution in [-0.4, -0.2) is 67.3 Å². The van der Waals surface area contributed by atoms with Gasteiger partial charge in [0.05, 0.1) is 19.8 Å². The zero-order valence-corrected chi connectivity index (χ0v) is 16.9. The summed E-state index contributed by atoms with van der Waals surface area (Å²) < 4.78 is 20.9. The van der Waals surface area contributed by atoms with E-state index in [1.54, 1.807) is 48.8 Å². The fraction of sp³-hybridized carbons (Fsp3) is 0.824. The van der Waals surface area contributed by atoms with Gasteiger partial charge in [0.1, 0.15) is 11.1 Å². The van der Waals surface area contributed by atoms with Gasteiger partial charge in [-0.3, -0.25) is 4.90 Å². The maximum Gasteiger partial charge on any atom is 0.408 e. The number of alkyl carbamates (subject to hydrolysis) is 1. The summed E-state index contributed by atoms with van der Waals surface area (Å²) in [5, 5.41) is 6.77. The van der Waals surface area contributed by atoms with Crippen molar-refractivity contribution in [1.29, 1.82) is 0 Å². The summed E-state index contributed by atoms with van der Waals surface area (Å²) in [4.78, 5) is 18.5. The van der Waals surface area contributed by atoms with Crippen LogP contribution in [0.25, 0.3) is 0 Å². The summed E-state index contributed by atoms with van der Waals surface area (Å²) in [6, 6.07) is 0. The lowest BCUT2D eigenvalue weighted by Crippen LogP contribution is -2.44. The first kappa shape index (κ1) is 22.3. The third-order valence-corrected chi connectivity index (χ3v) is 3.42. The highest BCUT2D eigenvalue weighted by molar-refractivity contribution is 5.68. The van der Waals surface area contributed by atoms with Crippen molar-refractivity contribution in [2.24, 2.45) is 0 Å². The molecule has 0 aliphatic carbocycles. The van der Waals surface area contributed by atoms with E-state index in [-0.39, 0.29) is 0 Å². The molecule has 1 amide bonds. The molecule has 0 saturated carbocycles. The van der Waals surface area contributed by atoms with Gasteiger partial charge < -0.3 is 24.1 Å². The summed E-state index contributed by atoms with van der Waals surface area (Å²) in [6.07, 6.45) is -0.532. The number of ether oxygens (including phenoxy) is 3. The number of nitrogens with one attached hydrogen (secondary N) is 1. The predicted molar refractivity (Wildman–Crippen MR) is 95.7 cm³/mol. The molecular weight excluding hydrogens is 340 g/mol. The lowest BCUT2D eigenvalue weighted by Gasteiger charge is -2.26. The van der Waals surface area contributed by atoms with Crippen molar-refractivity contribution in [3.05, 3.63) is 11.7 Å². The van der Waals surface area contributed by atoms with Gasteiger partial charge in [0, 0.05) is 27.3 Å². The lowest BCUT2D eigenvalue weighted by atomic mass is 10.1. The molecule has 0 saturated heterocycles. The van der Waals surface area contributed by atoms with Crippen molar-refractivity contribution in [3.63, 3.8) is 0 Å². The Morgan fingerprint density at radius 2 is 1.69 bits per heavy atom. The molecule has 1 aromatic heterocycles. The summed E-state index contributed by atoms with van der Waals surface area (Å²) in [7, 11) is 3.31. The van der Waals surface area contributed by atoms with Gasteiger partial charge in [-0.2, -0.15) is 4.98 Å². The summed E-state index contributed by atoms with van der Waals surface area (Å²) >= 11 is 0. The topological polar surface area (TPSA) is 99.0 Å². The van der Waals surface area contributed by atoms with Gasteiger partial charge in [0.15, 0.2) is 5.82 Å². The zero-order valence-electron chi connectivity index (χ0n) is 16.9. The Kier molecular flexibility index (Phi) is 8.45. The molecule has 0 fully saturated rings. The highest BCUT2D eigenvalue weighted by Gasteiger charge is 2.31. The highest BCUT2D eigenvalue weighted by Crippen LogP contribution is 2.18. The number of carbonyl (C=O) groups is 1. The second-order valence-electron chi connectivity index (χ2n) is 7.53. The maximum absolute atomic E-state index is 12.0. The van der Waals surface area contributed by atoms with E-state index in [1.807, 2.05) is 0 Å². The Morgan fingerprint density at radius 3 is 2.19 bits per heavy atom. The van der Waals surface area contributed by atoms with Crippen molar-refractivity contribution >= 4 is 6.09 Å². The van der Waals surface area contributed by atoms with Crippen molar-refractivity contribution in [2.45, 2.75) is 52.3 Å². The monoisotopic (exact) mass is 372 g/mol. The van der Waals surface area contributed by atoms with E-state index < -0.39 is 17.2 Å². The van der Waals surface area contributed by atoms with Crippen molar-refractivity contribution in [2.75, 3.05) is 40.5 Å². The number of amides is 1. The molecule has 0 atom stereocenters. The van der Waals surface area contributed by atoms with E-state index in [9.17, 15) is 4.79 Å². The van der Waals surface area contributed by atoms with Crippen LogP contribution in [0.4, 0.5) is 4.79 Å². The third kappa shape index (κ3) is 8.11. The minimum absolute atomic E-state index is 0.386. The van der Waals surface area contributed by atoms with E-state index in [0.29, 0.717) is 31.5 Å². The van der Waals surface area contributed by atoms with Gasteiger partial charge in [-0.05, 0) is 34.6 Å². The molecular formula is C17H32N4O5. The largest absolute Gasteiger partial charge is 0.444 e. The smallest absolute Gasteiger partial charge is 0.408 e. The standard InChI is InChI=1S/C17H32N4O5/c1-16(2,3)25-15(22)19-17(4,5)14-18-13(26-20-14)12-21(8-10-23-6)9-11-24-7/h8-12H2,1-7H3,(H,19,22). The average Bonchev–Trinajstić information content (AvgIpc) is 2.96. The number of nitrogens with zero attached hydrogens (tertiary/aromatic N) is 3. The number of methoxy groups -OCH3 is 2. The van der Waals surface area contributed by atoms with Crippen LogP contribution in [-0.2, 0) is 26.3 Å². The van der Waals surface area contributed by atoms with Crippen LogP contribution >= 0.6 is 0 Å². The van der Waals surface area contributed by atoms with Crippen LogP contribution in [0.15, 0.2) is 4.52 Å². The lowest BCUT2D eigenvalue weighted by molar-refractivity contribution is 0.0465. The molecule has 1 aromatic rings. The molecule has 0 radical (unpaired) electrons. The van der Waals surface area contributed by atoms with Gasteiger partial charge in [-0.25, -0.2) is 4.79 Å². The van der Waals surface area contributed by atoms with E-state index >= 15 is 0 Å². The minimum Gasteiger partial charge on any atom is -0.444 e. The van der Waals surface area contributed by atoms with E-state index in [2.05, 4.69) is 20.4 Å². The molecule has 1 heterocycles. The summed E-state index contributed by atoms with van der Waals surface area (Å²) in [6.45, 7) is 12.1. The van der Waals surface area contributed by atoms with E-state index in [0.717, 1.165) is 13.1 Å². The van der Waals surface area contributed by atoms with Gasteiger partial charge in [0.2, 0.25) is 5.89 Å². The van der Waals surface area contributed by atoms with Gasteiger partial charge >= 0.3 is 6.09 Å². The summed E-state index contributed by atoms with van der Waals surface area (Å²) in [5.74, 6) is 0.850. The molecule has 0 spiro atoms. The maximum atomic E-state index is 12.0. The Labute approximate surface area is 155 Å². The van der Waals surface area contributed by atoms with Crippen LogP contribution in [0.1, 0.15) is 46.3 Å². The molecule has 9 nitrogen and oxygen atoms in total. The predicted octanol–water partition coefficient (Wildman–Crippen LogP) is 1.92. The van der Waals surface area contributed by atoms with Crippen LogP contribution in [0.3, 0.4) is 0 Å². The highest BCUT2D eigenvalue weighted by atomic mass is 16.6. The Hall–Kier alpha value is -1.71. The first-order valence-corrected chi connectivity index (χ1v) is 8.62. The first-order valence-electron chi connectivity index (χ1n) is 8.62. The van der Waals surface area contributed by atoms with E-state index in [1.165, 1.54) is 0 Å². The van der Waals surface area contributed by atoms with Crippen molar-refractivity contribution < 1.29 is 23.5 Å². The van der Waals surface area contributed by atoms with Crippen molar-refractivity contribution in [1.82, 2.24) is 20.4 Å². The van der Waals surface area contributed by atoms with Gasteiger partial charge in [-0.1, -0.05) is 5.16 Å². The van der Waals surface area contributed by atoms with Crippen LogP contribution in [0, 0.1) is 0 Å². The number of rotatable bonds is 10. The van der Waals surface area contributed by atoms with Gasteiger partial charge in [-0.15, -0.1) is 0 Å². The zero-order chi connectivity index (χ0) is 19.8. The molecule has 0 aliphatic heterocycles. The summed E-state index contributed by atoms with van der Waals surface area (Å²) in [5.41, 5.74) is -1.40. The van der Waals surface area contributed by atoms with Crippen LogP contribution in [0.2, 0.25) is 0 Å². The van der Waals surface area contributed by atoms with Crippen LogP contribution < -0.4 is 5.32 Å². The molecule has 9 heteroatoms. The number of carbonyl (C=O) groups excluding carboxylic acids is 1. The number of hydrogen-bond donors (Lipinski definition) is 1. The fourth-order valence-corrected chi connectivity index (χ4v) is 2.09. The minimum atomic E-state index is -0.825. The Balaban J connectivity index is 2.72. The second-order valence-corrected chi connectivity index (χ2v) is 7.53. The molecule has 26 heavy (non-hydrogen) atoms. The fourth-order valence-electron chi connectivity index (χ4n) is 2.09. The van der Waals surface area contributed by atoms with Crippen LogP contribution in [0.5, 0.6) is 0 Å². The molecule has 1 N–H and O–H groups in total. The quantitative estimate of drug-likeness (QED) is 0.665. The normalized spacial score (nSPS) is 12.5. The molecule has 0 unspecified atom stereocenters. The Morgan fingerprint density at radius 1 is 1.12 bits per heavy atom. The second kappa shape index (κ2) is 9.84. The molecule has 150 valence electrons. The van der Waals surface area contributed by atoms with Gasteiger partial charge in [0.25, 0.3) is 0 Å². The first-order chi connectivity index (χ1) is 12.1. The van der Waals surface area contributed by atoms with E-state index in [4.69, 9.17) is 18.7 Å². The SMILES string of the molecule is COCCN(CCOC)Cc1nc(C(C)(C)NC(=O)OC(C)(C)C)no1. The number of aromatic nitrogens is 2. The molecule has 0 bridgehead atoms. The molecule has 0 aliphatic rings. The number of hydrogen-bond acceptors (Lipinski definition) is 8. The van der Waals surface area contributed by atoms with Crippen molar-refractivity contribution in [3.8, 4) is 0 Å². The molecule has 1 rings (SSSR count). The Bertz CT molecular complexity index is 546. The third-order valence-electron chi connectivity index (χ3n) is 3.42.